The summed E-state index contributed by atoms with van der Waals surface area (Å²) in [5.41, 5.74) is 0.960. The molecule has 6 nitrogen and oxygen atoms in total. The Morgan fingerprint density at radius 3 is 2.14 bits per heavy atom. The predicted octanol–water partition coefficient (Wildman–Crippen LogP) is 3.71. The number of ether oxygens (including phenoxy) is 2. The van der Waals surface area contributed by atoms with Crippen LogP contribution in [0.5, 0.6) is 0 Å². The molecule has 1 N–H and O–H groups in total. The molecule has 0 radical (unpaired) electrons. The molecule has 2 aromatic rings. The van der Waals surface area contributed by atoms with Crippen LogP contribution >= 0.6 is 0 Å². The van der Waals surface area contributed by atoms with Gasteiger partial charge in [0.25, 0.3) is 0 Å². The number of esters is 2. The second-order valence-electron chi connectivity index (χ2n) is 6.85. The first-order chi connectivity index (χ1) is 13.5. The third-order valence-corrected chi connectivity index (χ3v) is 5.31. The van der Waals surface area contributed by atoms with E-state index in [1.807, 2.05) is 30.3 Å². The van der Waals surface area contributed by atoms with Crippen LogP contribution < -0.4 is 5.32 Å². The molecule has 0 bridgehead atoms. The first-order valence-electron chi connectivity index (χ1n) is 9.19. The summed E-state index contributed by atoms with van der Waals surface area (Å²) in [4.78, 5) is 37.4. The molecule has 146 valence electrons. The van der Waals surface area contributed by atoms with Crippen molar-refractivity contribution in [2.45, 2.75) is 31.1 Å². The van der Waals surface area contributed by atoms with E-state index in [2.05, 4.69) is 5.32 Å². The van der Waals surface area contributed by atoms with E-state index in [1.165, 1.54) is 32.4 Å². The van der Waals surface area contributed by atoms with E-state index in [-0.39, 0.29) is 22.7 Å². The molecule has 0 heterocycles. The van der Waals surface area contributed by atoms with Gasteiger partial charge in [-0.3, -0.25) is 4.79 Å². The van der Waals surface area contributed by atoms with E-state index in [0.717, 1.165) is 31.2 Å². The minimum Gasteiger partial charge on any atom is -0.465 e. The Morgan fingerprint density at radius 1 is 0.893 bits per heavy atom. The number of carbonyl (C=O) groups is 3. The SMILES string of the molecule is COC(=O)c1ccc(C(=O)OC)c(NC(=O)C2(c3ccccc3)CCCC2)c1. The summed E-state index contributed by atoms with van der Waals surface area (Å²) >= 11 is 0. The maximum absolute atomic E-state index is 13.4. The number of nitrogens with one attached hydrogen (secondary N) is 1. The third-order valence-electron chi connectivity index (χ3n) is 5.31. The number of hydrogen-bond acceptors (Lipinski definition) is 5. The van der Waals surface area contributed by atoms with Crippen molar-refractivity contribution < 1.29 is 23.9 Å². The first kappa shape index (κ1) is 19.6. The van der Waals surface area contributed by atoms with Gasteiger partial charge in [0.1, 0.15) is 0 Å². The fourth-order valence-corrected chi connectivity index (χ4v) is 3.80. The van der Waals surface area contributed by atoms with E-state index < -0.39 is 17.4 Å². The summed E-state index contributed by atoms with van der Waals surface area (Å²) in [6, 6.07) is 14.0. The number of carbonyl (C=O) groups excluding carboxylic acids is 3. The quantitative estimate of drug-likeness (QED) is 0.799. The molecule has 6 heteroatoms. The van der Waals surface area contributed by atoms with Crippen molar-refractivity contribution in [3.8, 4) is 0 Å². The molecule has 0 spiro atoms. The summed E-state index contributed by atoms with van der Waals surface area (Å²) < 4.78 is 9.56. The van der Waals surface area contributed by atoms with E-state index in [0.29, 0.717) is 0 Å². The fourth-order valence-electron chi connectivity index (χ4n) is 3.80. The van der Waals surface area contributed by atoms with Crippen LogP contribution in [0.3, 0.4) is 0 Å². The summed E-state index contributed by atoms with van der Waals surface area (Å²) in [5.74, 6) is -1.33. The van der Waals surface area contributed by atoms with Gasteiger partial charge in [-0.2, -0.15) is 0 Å². The lowest BCUT2D eigenvalue weighted by Gasteiger charge is -2.28. The molecule has 28 heavy (non-hydrogen) atoms. The first-order valence-corrected chi connectivity index (χ1v) is 9.19. The molecule has 0 saturated heterocycles. The van der Waals surface area contributed by atoms with Crippen molar-refractivity contribution in [2.75, 3.05) is 19.5 Å². The average molecular weight is 381 g/mol. The highest BCUT2D eigenvalue weighted by molar-refractivity contribution is 6.06. The highest BCUT2D eigenvalue weighted by atomic mass is 16.5. The predicted molar refractivity (Wildman–Crippen MR) is 104 cm³/mol. The minimum absolute atomic E-state index is 0.185. The molecule has 0 unspecified atom stereocenters. The standard InChI is InChI=1S/C22H23NO5/c1-27-19(24)15-10-11-17(20(25)28-2)18(14-15)23-21(26)22(12-6-7-13-22)16-8-4-3-5-9-16/h3-5,8-11,14H,6-7,12-13H2,1-2H3,(H,23,26). The van der Waals surface area contributed by atoms with E-state index in [4.69, 9.17) is 9.47 Å². The summed E-state index contributed by atoms with van der Waals surface area (Å²) in [5, 5.41) is 2.88. The van der Waals surface area contributed by atoms with Gasteiger partial charge in [-0.15, -0.1) is 0 Å². The zero-order chi connectivity index (χ0) is 20.1. The number of anilines is 1. The molecular formula is C22H23NO5. The normalized spacial score (nSPS) is 14.9. The van der Waals surface area contributed by atoms with Gasteiger partial charge in [0, 0.05) is 0 Å². The molecule has 0 aromatic heterocycles. The number of methoxy groups -OCH3 is 2. The molecule has 1 fully saturated rings. The van der Waals surface area contributed by atoms with Crippen molar-refractivity contribution >= 4 is 23.5 Å². The van der Waals surface area contributed by atoms with Crippen molar-refractivity contribution in [1.82, 2.24) is 0 Å². The van der Waals surface area contributed by atoms with Gasteiger partial charge in [-0.1, -0.05) is 43.2 Å². The molecule has 1 aliphatic carbocycles. The minimum atomic E-state index is -0.657. The molecule has 2 aromatic carbocycles. The van der Waals surface area contributed by atoms with Gasteiger partial charge in [0.15, 0.2) is 0 Å². The Morgan fingerprint density at radius 2 is 1.54 bits per heavy atom. The van der Waals surface area contributed by atoms with Gasteiger partial charge < -0.3 is 14.8 Å². The smallest absolute Gasteiger partial charge is 0.339 e. The summed E-state index contributed by atoms with van der Waals surface area (Å²) in [6.07, 6.45) is 3.36. The zero-order valence-corrected chi connectivity index (χ0v) is 16.0. The Hall–Kier alpha value is -3.15. The fraction of sp³-hybridized carbons (Fsp3) is 0.318. The monoisotopic (exact) mass is 381 g/mol. The van der Waals surface area contributed by atoms with Crippen LogP contribution in [0.25, 0.3) is 0 Å². The van der Waals surface area contributed by atoms with Crippen LogP contribution in [0.15, 0.2) is 48.5 Å². The van der Waals surface area contributed by atoms with Crippen LogP contribution in [-0.2, 0) is 19.7 Å². The summed E-state index contributed by atoms with van der Waals surface area (Å²) in [7, 11) is 2.54. The van der Waals surface area contributed by atoms with Crippen LogP contribution in [0.2, 0.25) is 0 Å². The number of benzene rings is 2. The van der Waals surface area contributed by atoms with Gasteiger partial charge in [0.2, 0.25) is 5.91 Å². The van der Waals surface area contributed by atoms with Gasteiger partial charge in [-0.05, 0) is 36.6 Å². The Labute approximate surface area is 163 Å². The van der Waals surface area contributed by atoms with Crippen LogP contribution in [0.1, 0.15) is 52.0 Å². The molecule has 1 amide bonds. The van der Waals surface area contributed by atoms with Crippen LogP contribution in [0.4, 0.5) is 5.69 Å². The Bertz CT molecular complexity index is 885. The van der Waals surface area contributed by atoms with Gasteiger partial charge >= 0.3 is 11.9 Å². The Kier molecular flexibility index (Phi) is 5.78. The van der Waals surface area contributed by atoms with Gasteiger partial charge in [-0.25, -0.2) is 9.59 Å². The van der Waals surface area contributed by atoms with Crippen molar-refractivity contribution in [2.24, 2.45) is 0 Å². The van der Waals surface area contributed by atoms with E-state index in [1.54, 1.807) is 0 Å². The maximum Gasteiger partial charge on any atom is 0.339 e. The van der Waals surface area contributed by atoms with E-state index >= 15 is 0 Å². The Balaban J connectivity index is 2.00. The lowest BCUT2D eigenvalue weighted by molar-refractivity contribution is -0.121. The highest BCUT2D eigenvalue weighted by Gasteiger charge is 2.42. The number of rotatable bonds is 5. The number of hydrogen-bond donors (Lipinski definition) is 1. The van der Waals surface area contributed by atoms with Crippen molar-refractivity contribution in [1.29, 1.82) is 0 Å². The zero-order valence-electron chi connectivity index (χ0n) is 16.0. The molecule has 1 saturated carbocycles. The highest BCUT2D eigenvalue weighted by Crippen LogP contribution is 2.42. The molecule has 1 aliphatic rings. The van der Waals surface area contributed by atoms with Gasteiger partial charge in [0.05, 0.1) is 36.4 Å². The number of amides is 1. The van der Waals surface area contributed by atoms with Crippen LogP contribution in [0, 0.1) is 0 Å². The molecule has 3 rings (SSSR count). The second-order valence-corrected chi connectivity index (χ2v) is 6.85. The third kappa shape index (κ3) is 3.63. The van der Waals surface area contributed by atoms with Crippen LogP contribution in [-0.4, -0.2) is 32.1 Å². The van der Waals surface area contributed by atoms with Crippen molar-refractivity contribution in [3.05, 3.63) is 65.2 Å². The summed E-state index contributed by atoms with van der Waals surface area (Å²) in [6.45, 7) is 0. The lowest BCUT2D eigenvalue weighted by Crippen LogP contribution is -2.38. The largest absolute Gasteiger partial charge is 0.465 e. The lowest BCUT2D eigenvalue weighted by atomic mass is 9.78. The topological polar surface area (TPSA) is 81.7 Å². The molecular weight excluding hydrogens is 358 g/mol. The average Bonchev–Trinajstić information content (AvgIpc) is 3.24. The molecule has 0 atom stereocenters. The molecule has 0 aliphatic heterocycles. The second kappa shape index (κ2) is 8.25. The maximum atomic E-state index is 13.4. The van der Waals surface area contributed by atoms with Crippen molar-refractivity contribution in [3.63, 3.8) is 0 Å². The van der Waals surface area contributed by atoms with E-state index in [9.17, 15) is 14.4 Å².